The van der Waals surface area contributed by atoms with E-state index in [0.29, 0.717) is 11.4 Å². The molecule has 0 aliphatic heterocycles. The molecule has 0 bridgehead atoms. The van der Waals surface area contributed by atoms with Crippen molar-refractivity contribution in [3.63, 3.8) is 0 Å². The molecule has 0 aliphatic carbocycles. The van der Waals surface area contributed by atoms with Gasteiger partial charge in [-0.2, -0.15) is 0 Å². The van der Waals surface area contributed by atoms with E-state index < -0.39 is 12.1 Å². The number of aliphatic imine (C=N–C) groups is 1. The fourth-order valence-electron chi connectivity index (χ4n) is 1.44. The minimum Gasteiger partial charge on any atom is -0.496 e. The highest BCUT2D eigenvalue weighted by molar-refractivity contribution is 6.33. The number of hydrogen-bond acceptors (Lipinski definition) is 4. The molecule has 0 aliphatic rings. The molecule has 1 unspecified atom stereocenters. The highest BCUT2D eigenvalue weighted by Crippen LogP contribution is 2.28. The second kappa shape index (κ2) is 6.14. The lowest BCUT2D eigenvalue weighted by atomic mass is 10.1. The number of amides is 1. The number of methoxy groups -OCH3 is 1. The Morgan fingerprint density at radius 1 is 1.47 bits per heavy atom. The second-order valence-electron chi connectivity index (χ2n) is 3.78. The lowest BCUT2D eigenvalue weighted by Crippen LogP contribution is -2.35. The molecule has 1 aromatic rings. The van der Waals surface area contributed by atoms with E-state index in [1.54, 1.807) is 6.92 Å². The van der Waals surface area contributed by atoms with Crippen LogP contribution in [0.3, 0.4) is 0 Å². The van der Waals surface area contributed by atoms with E-state index in [4.69, 9.17) is 33.5 Å². The van der Waals surface area contributed by atoms with Crippen LogP contribution in [0.1, 0.15) is 17.3 Å². The smallest absolute Gasteiger partial charge is 0.256 e. The molecule has 1 aromatic carbocycles. The Hall–Kier alpha value is -2.15. The number of carbonyl (C=O) groups excluding carboxylic acids is 1. The first kappa shape index (κ1) is 14.9. The van der Waals surface area contributed by atoms with E-state index in [0.717, 1.165) is 0 Å². The van der Waals surface area contributed by atoms with Crippen LogP contribution in [0.5, 0.6) is 5.75 Å². The monoisotopic (exact) mass is 285 g/mol. The number of ether oxygens (including phenoxy) is 1. The van der Waals surface area contributed by atoms with Gasteiger partial charge in [0.2, 0.25) is 0 Å². The molecular weight excluding hydrogens is 270 g/mol. The van der Waals surface area contributed by atoms with E-state index in [1.165, 1.54) is 19.2 Å². The lowest BCUT2D eigenvalue weighted by Gasteiger charge is -2.13. The zero-order chi connectivity index (χ0) is 14.6. The van der Waals surface area contributed by atoms with Crippen molar-refractivity contribution in [3.8, 4) is 5.75 Å². The molecule has 8 heteroatoms. The summed E-state index contributed by atoms with van der Waals surface area (Å²) in [4.78, 5) is 15.8. The lowest BCUT2D eigenvalue weighted by molar-refractivity contribution is 0.0938. The number of hydrogen-bond donors (Lipinski definition) is 4. The molecule has 0 saturated carbocycles. The summed E-state index contributed by atoms with van der Waals surface area (Å²) in [6.07, 6.45) is -0.571. The summed E-state index contributed by atoms with van der Waals surface area (Å²) in [6, 6.07) is 2.90. The van der Waals surface area contributed by atoms with Gasteiger partial charge in [0.15, 0.2) is 5.96 Å². The average molecular weight is 286 g/mol. The van der Waals surface area contributed by atoms with Gasteiger partial charge >= 0.3 is 0 Å². The van der Waals surface area contributed by atoms with Gasteiger partial charge in [0.25, 0.3) is 5.91 Å². The first-order chi connectivity index (χ1) is 8.85. The van der Waals surface area contributed by atoms with Crippen LogP contribution in [-0.2, 0) is 0 Å². The highest BCUT2D eigenvalue weighted by atomic mass is 35.5. The van der Waals surface area contributed by atoms with E-state index in [1.807, 2.05) is 0 Å². The molecule has 1 rings (SSSR count). The largest absolute Gasteiger partial charge is 0.496 e. The minimum atomic E-state index is -0.571. The van der Waals surface area contributed by atoms with Crippen LogP contribution in [0.4, 0.5) is 5.69 Å². The fraction of sp³-hybridized carbons (Fsp3) is 0.273. The number of nitrogen functional groups attached to an aromatic ring is 1. The summed E-state index contributed by atoms with van der Waals surface area (Å²) >= 11 is 5.88. The van der Waals surface area contributed by atoms with Crippen molar-refractivity contribution in [2.24, 2.45) is 16.5 Å². The zero-order valence-corrected chi connectivity index (χ0v) is 11.4. The molecule has 0 saturated heterocycles. The van der Waals surface area contributed by atoms with Gasteiger partial charge in [-0.1, -0.05) is 11.6 Å². The summed E-state index contributed by atoms with van der Waals surface area (Å²) in [6.45, 7) is 1.63. The van der Waals surface area contributed by atoms with Gasteiger partial charge < -0.3 is 27.3 Å². The molecular formula is C11H16ClN5O2. The van der Waals surface area contributed by atoms with Crippen molar-refractivity contribution >= 4 is 29.2 Å². The maximum atomic E-state index is 12.0. The highest BCUT2D eigenvalue weighted by Gasteiger charge is 2.16. The summed E-state index contributed by atoms with van der Waals surface area (Å²) in [7, 11) is 1.43. The summed E-state index contributed by atoms with van der Waals surface area (Å²) < 4.78 is 5.08. The van der Waals surface area contributed by atoms with Crippen molar-refractivity contribution in [1.82, 2.24) is 5.32 Å². The minimum absolute atomic E-state index is 0.116. The van der Waals surface area contributed by atoms with Gasteiger partial charge in [-0.25, -0.2) is 4.99 Å². The quantitative estimate of drug-likeness (QED) is 0.359. The molecule has 1 atom stereocenters. The summed E-state index contributed by atoms with van der Waals surface area (Å²) in [5.41, 5.74) is 16.7. The Morgan fingerprint density at radius 2 is 2.11 bits per heavy atom. The molecule has 0 heterocycles. The van der Waals surface area contributed by atoms with Crippen LogP contribution < -0.4 is 27.3 Å². The van der Waals surface area contributed by atoms with Gasteiger partial charge in [-0.05, 0) is 13.0 Å². The third-order valence-corrected chi connectivity index (χ3v) is 2.57. The molecule has 0 spiro atoms. The van der Waals surface area contributed by atoms with Crippen molar-refractivity contribution in [3.05, 3.63) is 22.7 Å². The summed E-state index contributed by atoms with van der Waals surface area (Å²) in [5.74, 6) is -0.220. The van der Waals surface area contributed by atoms with Gasteiger partial charge in [0.05, 0.1) is 23.4 Å². The number of rotatable bonds is 4. The molecule has 7 nitrogen and oxygen atoms in total. The Kier molecular flexibility index (Phi) is 4.82. The SMILES string of the molecule is COc1cc(N)c(Cl)cc1C(=O)NC(C)N=C(N)N. The standard InChI is InChI=1S/C11H16ClN5O2/c1-5(17-11(14)15)16-10(18)6-3-7(12)8(13)4-9(6)19-2/h3-5H,13H2,1-2H3,(H,16,18)(H4,14,15,17). The predicted octanol–water partition coefficient (Wildman–Crippen LogP) is 0.280. The van der Waals surface area contributed by atoms with Crippen molar-refractivity contribution in [2.45, 2.75) is 13.1 Å². The molecule has 0 aromatic heterocycles. The van der Waals surface area contributed by atoms with Gasteiger partial charge in [0.1, 0.15) is 11.9 Å². The van der Waals surface area contributed by atoms with Crippen molar-refractivity contribution in [1.29, 1.82) is 0 Å². The van der Waals surface area contributed by atoms with Crippen LogP contribution in [0.25, 0.3) is 0 Å². The number of nitrogens with two attached hydrogens (primary N) is 3. The zero-order valence-electron chi connectivity index (χ0n) is 10.6. The van der Waals surface area contributed by atoms with Crippen LogP contribution >= 0.6 is 11.6 Å². The third-order valence-electron chi connectivity index (χ3n) is 2.25. The third kappa shape index (κ3) is 3.92. The van der Waals surface area contributed by atoms with Crippen LogP contribution in [0.2, 0.25) is 5.02 Å². The molecule has 0 radical (unpaired) electrons. The van der Waals surface area contributed by atoms with E-state index in [-0.39, 0.29) is 16.5 Å². The normalized spacial score (nSPS) is 11.5. The molecule has 104 valence electrons. The Bertz CT molecular complexity index is 514. The number of halogens is 1. The predicted molar refractivity (Wildman–Crippen MR) is 75.2 cm³/mol. The Labute approximate surface area is 115 Å². The average Bonchev–Trinajstić information content (AvgIpc) is 2.30. The first-order valence-electron chi connectivity index (χ1n) is 5.37. The van der Waals surface area contributed by atoms with Gasteiger partial charge in [0, 0.05) is 6.07 Å². The van der Waals surface area contributed by atoms with E-state index in [9.17, 15) is 4.79 Å². The maximum absolute atomic E-state index is 12.0. The van der Waals surface area contributed by atoms with Crippen LogP contribution in [-0.4, -0.2) is 25.1 Å². The number of nitrogens with one attached hydrogen (secondary N) is 1. The van der Waals surface area contributed by atoms with E-state index >= 15 is 0 Å². The number of benzene rings is 1. The maximum Gasteiger partial charge on any atom is 0.256 e. The Morgan fingerprint density at radius 3 is 2.63 bits per heavy atom. The van der Waals surface area contributed by atoms with Crippen molar-refractivity contribution in [2.75, 3.05) is 12.8 Å². The van der Waals surface area contributed by atoms with Gasteiger partial charge in [-0.15, -0.1) is 0 Å². The summed E-state index contributed by atoms with van der Waals surface area (Å²) in [5, 5.41) is 2.85. The van der Waals surface area contributed by atoms with E-state index in [2.05, 4.69) is 10.3 Å². The van der Waals surface area contributed by atoms with Crippen LogP contribution in [0, 0.1) is 0 Å². The number of carbonyl (C=O) groups is 1. The molecule has 1 amide bonds. The second-order valence-corrected chi connectivity index (χ2v) is 4.18. The van der Waals surface area contributed by atoms with Crippen molar-refractivity contribution < 1.29 is 9.53 Å². The molecule has 0 fully saturated rings. The fourth-order valence-corrected chi connectivity index (χ4v) is 1.60. The van der Waals surface area contributed by atoms with Gasteiger partial charge in [-0.3, -0.25) is 4.79 Å². The topological polar surface area (TPSA) is 129 Å². The van der Waals surface area contributed by atoms with Crippen LogP contribution in [0.15, 0.2) is 17.1 Å². The molecule has 19 heavy (non-hydrogen) atoms. The number of nitrogens with zero attached hydrogens (tertiary/aromatic N) is 1. The first-order valence-corrected chi connectivity index (χ1v) is 5.75. The number of anilines is 1. The molecule has 7 N–H and O–H groups in total. The Balaban J connectivity index is 2.99. The number of guanidine groups is 1.